The lowest BCUT2D eigenvalue weighted by atomic mass is 9.97. The van der Waals surface area contributed by atoms with Crippen molar-refractivity contribution in [1.29, 1.82) is 0 Å². The zero-order chi connectivity index (χ0) is 8.85. The standard InChI is InChI=1S/C10H21O/c1-6-11-10(9(4)5)7-8(2)3/h6,8-10H,7H2,1-5H3. The fourth-order valence-corrected chi connectivity index (χ4v) is 1.12. The molecule has 11 heavy (non-hydrogen) atoms. The van der Waals surface area contributed by atoms with E-state index in [4.69, 9.17) is 4.74 Å². The molecule has 0 aromatic heterocycles. The molecule has 0 heterocycles. The fourth-order valence-electron chi connectivity index (χ4n) is 1.12. The summed E-state index contributed by atoms with van der Waals surface area (Å²) < 4.78 is 5.49. The summed E-state index contributed by atoms with van der Waals surface area (Å²) in [6, 6.07) is 0. The number of hydrogen-bond donors (Lipinski definition) is 0. The molecule has 0 aromatic rings. The van der Waals surface area contributed by atoms with Gasteiger partial charge in [0.05, 0.1) is 12.7 Å². The fraction of sp³-hybridized carbons (Fsp3) is 0.900. The maximum atomic E-state index is 5.49. The Morgan fingerprint density at radius 3 is 2.00 bits per heavy atom. The number of hydrogen-bond acceptors (Lipinski definition) is 1. The van der Waals surface area contributed by atoms with Crippen LogP contribution >= 0.6 is 0 Å². The molecule has 0 saturated carbocycles. The second-order valence-electron chi connectivity index (χ2n) is 3.78. The molecule has 0 spiro atoms. The Kier molecular flexibility index (Phi) is 5.57. The summed E-state index contributed by atoms with van der Waals surface area (Å²) in [5.41, 5.74) is 0. The van der Waals surface area contributed by atoms with E-state index in [2.05, 4.69) is 27.7 Å². The van der Waals surface area contributed by atoms with Crippen LogP contribution in [0.15, 0.2) is 0 Å². The second kappa shape index (κ2) is 5.59. The van der Waals surface area contributed by atoms with Gasteiger partial charge in [0.1, 0.15) is 0 Å². The minimum atomic E-state index is 0.403. The smallest absolute Gasteiger partial charge is 0.0809 e. The van der Waals surface area contributed by atoms with Crippen molar-refractivity contribution in [2.24, 2.45) is 11.8 Å². The second-order valence-corrected chi connectivity index (χ2v) is 3.78. The molecule has 0 saturated heterocycles. The molecule has 1 unspecified atom stereocenters. The Bertz CT molecular complexity index is 86.9. The zero-order valence-electron chi connectivity index (χ0n) is 8.42. The first-order chi connectivity index (χ1) is 5.07. The molecule has 1 atom stereocenters. The van der Waals surface area contributed by atoms with E-state index in [-0.39, 0.29) is 0 Å². The molecule has 0 fully saturated rings. The topological polar surface area (TPSA) is 9.23 Å². The van der Waals surface area contributed by atoms with Gasteiger partial charge in [0.25, 0.3) is 0 Å². The normalized spacial score (nSPS) is 14.5. The van der Waals surface area contributed by atoms with E-state index >= 15 is 0 Å². The van der Waals surface area contributed by atoms with Crippen LogP contribution in [0, 0.1) is 18.4 Å². The first-order valence-electron chi connectivity index (χ1n) is 4.51. The van der Waals surface area contributed by atoms with Crippen LogP contribution in [0.1, 0.15) is 41.0 Å². The molecule has 0 aliphatic rings. The van der Waals surface area contributed by atoms with Crippen LogP contribution < -0.4 is 0 Å². The van der Waals surface area contributed by atoms with E-state index in [1.54, 1.807) is 6.61 Å². The van der Waals surface area contributed by atoms with Crippen LogP contribution in [-0.4, -0.2) is 6.10 Å². The van der Waals surface area contributed by atoms with Crippen LogP contribution in [0.25, 0.3) is 0 Å². The van der Waals surface area contributed by atoms with E-state index in [9.17, 15) is 0 Å². The lowest BCUT2D eigenvalue weighted by Crippen LogP contribution is -2.20. The molecule has 0 N–H and O–H groups in total. The average molecular weight is 157 g/mol. The highest BCUT2D eigenvalue weighted by molar-refractivity contribution is 4.65. The summed E-state index contributed by atoms with van der Waals surface area (Å²) in [6.07, 6.45) is 1.56. The zero-order valence-corrected chi connectivity index (χ0v) is 8.42. The third-order valence-electron chi connectivity index (χ3n) is 1.76. The molecule has 0 rings (SSSR count). The Hall–Kier alpha value is -0.0400. The maximum Gasteiger partial charge on any atom is 0.0809 e. The van der Waals surface area contributed by atoms with Crippen molar-refractivity contribution in [2.75, 3.05) is 0 Å². The van der Waals surface area contributed by atoms with E-state index in [1.165, 1.54) is 0 Å². The van der Waals surface area contributed by atoms with E-state index in [1.807, 2.05) is 6.92 Å². The highest BCUT2D eigenvalue weighted by atomic mass is 16.5. The van der Waals surface area contributed by atoms with Crippen LogP contribution in [0.2, 0.25) is 0 Å². The number of ether oxygens (including phenoxy) is 1. The summed E-state index contributed by atoms with van der Waals surface area (Å²) >= 11 is 0. The Morgan fingerprint density at radius 1 is 1.18 bits per heavy atom. The molecular formula is C10H21O. The predicted octanol–water partition coefficient (Wildman–Crippen LogP) is 3.26. The van der Waals surface area contributed by atoms with E-state index in [0.717, 1.165) is 12.3 Å². The van der Waals surface area contributed by atoms with Crippen molar-refractivity contribution in [3.05, 3.63) is 6.61 Å². The van der Waals surface area contributed by atoms with Crippen LogP contribution in [-0.2, 0) is 4.74 Å². The summed E-state index contributed by atoms with van der Waals surface area (Å²) in [5, 5.41) is 0. The average Bonchev–Trinajstić information content (AvgIpc) is 1.86. The third-order valence-corrected chi connectivity index (χ3v) is 1.76. The van der Waals surface area contributed by atoms with Gasteiger partial charge in [0.15, 0.2) is 0 Å². The van der Waals surface area contributed by atoms with Gasteiger partial charge in [0.2, 0.25) is 0 Å². The molecule has 0 bridgehead atoms. The van der Waals surface area contributed by atoms with Gasteiger partial charge in [-0.2, -0.15) is 0 Å². The summed E-state index contributed by atoms with van der Waals surface area (Å²) in [5.74, 6) is 1.34. The van der Waals surface area contributed by atoms with Gasteiger partial charge in [-0.05, 0) is 25.2 Å². The molecular weight excluding hydrogens is 136 g/mol. The third kappa shape index (κ3) is 5.25. The first kappa shape index (κ1) is 11.0. The Labute approximate surface area is 71.1 Å². The van der Waals surface area contributed by atoms with Gasteiger partial charge < -0.3 is 4.74 Å². The largest absolute Gasteiger partial charge is 0.372 e. The van der Waals surface area contributed by atoms with Crippen molar-refractivity contribution in [1.82, 2.24) is 0 Å². The van der Waals surface area contributed by atoms with Gasteiger partial charge in [-0.15, -0.1) is 0 Å². The van der Waals surface area contributed by atoms with Gasteiger partial charge in [-0.1, -0.05) is 27.7 Å². The van der Waals surface area contributed by atoms with Crippen molar-refractivity contribution < 1.29 is 4.74 Å². The van der Waals surface area contributed by atoms with Crippen molar-refractivity contribution in [2.45, 2.75) is 47.1 Å². The van der Waals surface area contributed by atoms with Crippen molar-refractivity contribution in [3.8, 4) is 0 Å². The highest BCUT2D eigenvalue weighted by Gasteiger charge is 2.14. The minimum Gasteiger partial charge on any atom is -0.372 e. The lowest BCUT2D eigenvalue weighted by Gasteiger charge is -2.22. The van der Waals surface area contributed by atoms with Crippen LogP contribution in [0.5, 0.6) is 0 Å². The Morgan fingerprint density at radius 2 is 1.73 bits per heavy atom. The lowest BCUT2D eigenvalue weighted by molar-refractivity contribution is 0.0538. The maximum absolute atomic E-state index is 5.49. The van der Waals surface area contributed by atoms with E-state index < -0.39 is 0 Å². The van der Waals surface area contributed by atoms with Crippen molar-refractivity contribution in [3.63, 3.8) is 0 Å². The number of rotatable bonds is 5. The SMILES string of the molecule is C[CH]OC(CC(C)C)C(C)C. The van der Waals surface area contributed by atoms with Crippen molar-refractivity contribution >= 4 is 0 Å². The quantitative estimate of drug-likeness (QED) is 0.595. The summed E-state index contributed by atoms with van der Waals surface area (Å²) in [4.78, 5) is 0. The van der Waals surface area contributed by atoms with Gasteiger partial charge in [-0.3, -0.25) is 0 Å². The monoisotopic (exact) mass is 157 g/mol. The molecule has 0 aromatic carbocycles. The molecule has 1 nitrogen and oxygen atoms in total. The first-order valence-corrected chi connectivity index (χ1v) is 4.51. The molecule has 0 aliphatic carbocycles. The summed E-state index contributed by atoms with van der Waals surface area (Å²) in [7, 11) is 0. The van der Waals surface area contributed by atoms with Gasteiger partial charge in [0, 0.05) is 0 Å². The van der Waals surface area contributed by atoms with Crippen LogP contribution in [0.4, 0.5) is 0 Å². The predicted molar refractivity (Wildman–Crippen MR) is 49.1 cm³/mol. The molecule has 0 amide bonds. The molecule has 67 valence electrons. The molecule has 0 aliphatic heterocycles. The molecule has 1 heteroatoms. The summed E-state index contributed by atoms with van der Waals surface area (Å²) in [6.45, 7) is 12.6. The van der Waals surface area contributed by atoms with Gasteiger partial charge in [-0.25, -0.2) is 0 Å². The highest BCUT2D eigenvalue weighted by Crippen LogP contribution is 2.16. The Balaban J connectivity index is 3.69. The van der Waals surface area contributed by atoms with Crippen LogP contribution in [0.3, 0.4) is 0 Å². The minimum absolute atomic E-state index is 0.403. The molecule has 1 radical (unpaired) electrons. The van der Waals surface area contributed by atoms with Gasteiger partial charge >= 0.3 is 0 Å². The van der Waals surface area contributed by atoms with E-state index in [0.29, 0.717) is 12.0 Å².